The zero-order valence-corrected chi connectivity index (χ0v) is 14.5. The number of amides is 2. The zero-order valence-electron chi connectivity index (χ0n) is 14.5. The van der Waals surface area contributed by atoms with Crippen molar-refractivity contribution in [2.24, 2.45) is 5.92 Å². The lowest BCUT2D eigenvalue weighted by molar-refractivity contribution is -0.792. The van der Waals surface area contributed by atoms with Crippen molar-refractivity contribution in [1.29, 1.82) is 0 Å². The van der Waals surface area contributed by atoms with E-state index in [9.17, 15) is 14.7 Å². The Morgan fingerprint density at radius 3 is 2.71 bits per heavy atom. The molecule has 1 saturated heterocycles. The largest absolute Gasteiger partial charge is 0.521 e. The molecule has 24 heavy (non-hydrogen) atoms. The molecule has 0 bridgehead atoms. The summed E-state index contributed by atoms with van der Waals surface area (Å²) < 4.78 is 4.90. The van der Waals surface area contributed by atoms with Gasteiger partial charge in [-0.25, -0.2) is 4.79 Å². The molecule has 130 valence electrons. The lowest BCUT2D eigenvalue weighted by Crippen LogP contribution is -2.58. The summed E-state index contributed by atoms with van der Waals surface area (Å²) in [6, 6.07) is 5.98. The minimum atomic E-state index is -0.981. The first-order chi connectivity index (χ1) is 11.5. The topological polar surface area (TPSA) is 63.6 Å². The molecule has 3 rings (SSSR count). The van der Waals surface area contributed by atoms with Gasteiger partial charge in [0.05, 0.1) is 20.1 Å². The SMILES string of the molecule is COc1ccc2c(c1)CCC(CC(=O)[N+]1(C(=O)O)CCC[C@H]1C)C2. The normalized spacial score (nSPS) is 29.1. The number of methoxy groups -OCH3 is 1. The summed E-state index contributed by atoms with van der Waals surface area (Å²) >= 11 is 0. The van der Waals surface area contributed by atoms with Crippen LogP contribution in [0.3, 0.4) is 0 Å². The van der Waals surface area contributed by atoms with E-state index in [1.165, 1.54) is 11.1 Å². The molecule has 3 atom stereocenters. The molecule has 1 aromatic carbocycles. The average molecular weight is 332 g/mol. The van der Waals surface area contributed by atoms with E-state index in [2.05, 4.69) is 12.1 Å². The highest BCUT2D eigenvalue weighted by molar-refractivity contribution is 5.81. The predicted octanol–water partition coefficient (Wildman–Crippen LogP) is 3.39. The molecule has 2 amide bonds. The molecule has 5 heteroatoms. The summed E-state index contributed by atoms with van der Waals surface area (Å²) in [5, 5.41) is 9.69. The molecule has 1 aliphatic heterocycles. The fourth-order valence-corrected chi connectivity index (χ4v) is 4.36. The van der Waals surface area contributed by atoms with Gasteiger partial charge in [0, 0.05) is 12.8 Å². The molecule has 1 aromatic rings. The van der Waals surface area contributed by atoms with Gasteiger partial charge in [-0.05, 0) is 55.4 Å². The van der Waals surface area contributed by atoms with Crippen LogP contribution in [0.25, 0.3) is 0 Å². The lowest BCUT2D eigenvalue weighted by atomic mass is 9.81. The summed E-state index contributed by atoms with van der Waals surface area (Å²) in [6.07, 6.45) is 3.71. The summed E-state index contributed by atoms with van der Waals surface area (Å²) in [5.41, 5.74) is 2.55. The van der Waals surface area contributed by atoms with Gasteiger partial charge in [-0.2, -0.15) is 9.28 Å². The number of carbonyl (C=O) groups is 2. The van der Waals surface area contributed by atoms with Gasteiger partial charge in [-0.1, -0.05) is 6.07 Å². The first kappa shape index (κ1) is 17.0. The number of ether oxygens (including phenoxy) is 1. The number of hydrogen-bond donors (Lipinski definition) is 1. The van der Waals surface area contributed by atoms with Crippen LogP contribution in [0.1, 0.15) is 43.7 Å². The Kier molecular flexibility index (Phi) is 4.63. The molecule has 0 aromatic heterocycles. The van der Waals surface area contributed by atoms with Crippen LogP contribution in [0, 0.1) is 5.92 Å². The Morgan fingerprint density at radius 1 is 1.29 bits per heavy atom. The van der Waals surface area contributed by atoms with Crippen LogP contribution in [0.5, 0.6) is 5.75 Å². The maximum Gasteiger partial charge on any atom is 0.521 e. The van der Waals surface area contributed by atoms with Crippen molar-refractivity contribution < 1.29 is 23.9 Å². The molecule has 1 aliphatic carbocycles. The summed E-state index contributed by atoms with van der Waals surface area (Å²) in [4.78, 5) is 24.7. The van der Waals surface area contributed by atoms with Crippen molar-refractivity contribution in [2.75, 3.05) is 13.7 Å². The number of fused-ring (bicyclic) bond motifs is 1. The van der Waals surface area contributed by atoms with E-state index in [0.29, 0.717) is 13.0 Å². The number of aryl methyl sites for hydroxylation is 1. The van der Waals surface area contributed by atoms with Crippen molar-refractivity contribution in [1.82, 2.24) is 0 Å². The number of hydrogen-bond acceptors (Lipinski definition) is 3. The number of benzene rings is 1. The van der Waals surface area contributed by atoms with E-state index < -0.39 is 6.09 Å². The number of imide groups is 1. The van der Waals surface area contributed by atoms with Crippen molar-refractivity contribution in [3.05, 3.63) is 29.3 Å². The number of quaternary nitrogens is 1. The molecular weight excluding hydrogens is 306 g/mol. The summed E-state index contributed by atoms with van der Waals surface area (Å²) in [7, 11) is 1.66. The number of likely N-dealkylation sites (tertiary alicyclic amines) is 1. The lowest BCUT2D eigenvalue weighted by Gasteiger charge is -2.32. The maximum absolute atomic E-state index is 12.9. The monoisotopic (exact) mass is 332 g/mol. The number of carbonyl (C=O) groups excluding carboxylic acids is 1. The second-order valence-corrected chi connectivity index (χ2v) is 7.21. The second-order valence-electron chi connectivity index (χ2n) is 7.21. The van der Waals surface area contributed by atoms with Crippen LogP contribution in [0.2, 0.25) is 0 Å². The van der Waals surface area contributed by atoms with Crippen LogP contribution >= 0.6 is 0 Å². The molecule has 1 heterocycles. The number of nitrogens with zero attached hydrogens (tertiary/aromatic N) is 1. The highest BCUT2D eigenvalue weighted by Crippen LogP contribution is 2.34. The van der Waals surface area contributed by atoms with Gasteiger partial charge in [0.15, 0.2) is 0 Å². The molecular formula is C19H26NO4+. The standard InChI is InChI=1S/C19H25NO4/c1-13-4-3-9-20(13,19(22)23)18(21)11-14-5-6-16-12-17(24-2)8-7-15(16)10-14/h7-8,12-14H,3-6,9-11H2,1-2H3/p+1/t13-,14?,20?/m1/s1. The van der Waals surface area contributed by atoms with E-state index in [1.807, 2.05) is 13.0 Å². The van der Waals surface area contributed by atoms with Crippen molar-refractivity contribution in [3.8, 4) is 5.75 Å². The van der Waals surface area contributed by atoms with Crippen molar-refractivity contribution in [3.63, 3.8) is 0 Å². The zero-order chi connectivity index (χ0) is 17.3. The molecule has 0 saturated carbocycles. The van der Waals surface area contributed by atoms with Crippen LogP contribution < -0.4 is 4.74 Å². The van der Waals surface area contributed by atoms with E-state index in [0.717, 1.165) is 37.9 Å². The summed E-state index contributed by atoms with van der Waals surface area (Å²) in [5.74, 6) is 0.986. The molecule has 0 spiro atoms. The molecule has 1 N–H and O–H groups in total. The number of rotatable bonds is 3. The fourth-order valence-electron chi connectivity index (χ4n) is 4.36. The number of carboxylic acid groups (broad SMARTS) is 1. The maximum atomic E-state index is 12.9. The predicted molar refractivity (Wildman–Crippen MR) is 90.0 cm³/mol. The summed E-state index contributed by atoms with van der Waals surface area (Å²) in [6.45, 7) is 2.33. The highest BCUT2D eigenvalue weighted by Gasteiger charge is 2.52. The molecule has 5 nitrogen and oxygen atoms in total. The Balaban J connectivity index is 1.72. The first-order valence-electron chi connectivity index (χ1n) is 8.77. The molecule has 0 radical (unpaired) electrons. The van der Waals surface area contributed by atoms with Gasteiger partial charge >= 0.3 is 12.0 Å². The van der Waals surface area contributed by atoms with Crippen LogP contribution in [-0.4, -0.2) is 41.3 Å². The minimum Gasteiger partial charge on any atom is -0.497 e. The smallest absolute Gasteiger partial charge is 0.497 e. The van der Waals surface area contributed by atoms with E-state index >= 15 is 0 Å². The third-order valence-electron chi connectivity index (χ3n) is 5.88. The van der Waals surface area contributed by atoms with Gasteiger partial charge in [0.1, 0.15) is 11.8 Å². The van der Waals surface area contributed by atoms with Gasteiger partial charge in [-0.15, -0.1) is 0 Å². The Labute approximate surface area is 142 Å². The van der Waals surface area contributed by atoms with Crippen molar-refractivity contribution >= 4 is 12.0 Å². The first-order valence-corrected chi connectivity index (χ1v) is 8.77. The van der Waals surface area contributed by atoms with Gasteiger partial charge in [0.2, 0.25) is 0 Å². The van der Waals surface area contributed by atoms with E-state index in [4.69, 9.17) is 4.74 Å². The average Bonchev–Trinajstić information content (AvgIpc) is 2.97. The van der Waals surface area contributed by atoms with Gasteiger partial charge in [-0.3, -0.25) is 0 Å². The van der Waals surface area contributed by atoms with Crippen LogP contribution in [0.4, 0.5) is 4.79 Å². The quantitative estimate of drug-likeness (QED) is 0.862. The van der Waals surface area contributed by atoms with Crippen LogP contribution in [0.15, 0.2) is 18.2 Å². The van der Waals surface area contributed by atoms with Crippen molar-refractivity contribution in [2.45, 2.75) is 51.5 Å². The fraction of sp³-hybridized carbons (Fsp3) is 0.579. The Hall–Kier alpha value is -1.88. The highest BCUT2D eigenvalue weighted by atomic mass is 16.5. The second kappa shape index (κ2) is 6.55. The third kappa shape index (κ3) is 2.81. The Morgan fingerprint density at radius 2 is 2.08 bits per heavy atom. The van der Waals surface area contributed by atoms with E-state index in [1.54, 1.807) is 7.11 Å². The molecule has 1 fully saturated rings. The van der Waals surface area contributed by atoms with E-state index in [-0.39, 0.29) is 22.3 Å². The molecule has 2 aliphatic rings. The van der Waals surface area contributed by atoms with Gasteiger partial charge < -0.3 is 9.84 Å². The van der Waals surface area contributed by atoms with Crippen LogP contribution in [-0.2, 0) is 17.6 Å². The van der Waals surface area contributed by atoms with Gasteiger partial charge in [0.25, 0.3) is 0 Å². The minimum absolute atomic E-state index is 0.116. The third-order valence-corrected chi connectivity index (χ3v) is 5.88. The molecule has 2 unspecified atom stereocenters. The Bertz CT molecular complexity index is 657.